The van der Waals surface area contributed by atoms with E-state index >= 15 is 0 Å². The van der Waals surface area contributed by atoms with Gasteiger partial charge in [-0.1, -0.05) is 24.3 Å². The number of hydrogen-bond acceptors (Lipinski definition) is 6. The molecule has 2 aliphatic rings. The minimum Gasteiger partial charge on any atom is -0.497 e. The molecule has 1 N–H and O–H groups in total. The van der Waals surface area contributed by atoms with Crippen molar-refractivity contribution < 1.29 is 14.3 Å². The van der Waals surface area contributed by atoms with Crippen LogP contribution in [0.15, 0.2) is 48.5 Å². The smallest absolute Gasteiger partial charge is 0.287 e. The second kappa shape index (κ2) is 11.3. The lowest BCUT2D eigenvalue weighted by atomic mass is 10.0. The fourth-order valence-electron chi connectivity index (χ4n) is 5.37. The van der Waals surface area contributed by atoms with Crippen molar-refractivity contribution in [3.63, 3.8) is 0 Å². The van der Waals surface area contributed by atoms with Gasteiger partial charge in [-0.25, -0.2) is 4.98 Å². The number of nitrogens with zero attached hydrogens (tertiary/aromatic N) is 5. The summed E-state index contributed by atoms with van der Waals surface area (Å²) in [6.45, 7) is 5.93. The third kappa shape index (κ3) is 5.78. The van der Waals surface area contributed by atoms with Crippen molar-refractivity contribution in [3.05, 3.63) is 59.9 Å². The summed E-state index contributed by atoms with van der Waals surface area (Å²) in [6.07, 6.45) is 2.38. The lowest BCUT2D eigenvalue weighted by Crippen LogP contribution is -2.55. The molecule has 5 rings (SSSR count). The van der Waals surface area contributed by atoms with Crippen LogP contribution >= 0.6 is 0 Å². The van der Waals surface area contributed by atoms with Gasteiger partial charge in [-0.15, -0.1) is 0 Å². The van der Waals surface area contributed by atoms with Crippen LogP contribution in [-0.4, -0.2) is 102 Å². The van der Waals surface area contributed by atoms with Gasteiger partial charge in [0.25, 0.3) is 5.91 Å². The molecule has 196 valence electrons. The fourth-order valence-corrected chi connectivity index (χ4v) is 5.37. The van der Waals surface area contributed by atoms with Crippen LogP contribution < -0.4 is 10.1 Å². The number of imidazole rings is 1. The van der Waals surface area contributed by atoms with Crippen molar-refractivity contribution in [3.8, 4) is 5.75 Å². The summed E-state index contributed by atoms with van der Waals surface area (Å²) in [4.78, 5) is 37.5. The van der Waals surface area contributed by atoms with Gasteiger partial charge < -0.3 is 24.4 Å². The Bertz CT molecular complexity index is 1220. The third-order valence-corrected chi connectivity index (χ3v) is 7.63. The number of methoxy groups -OCH3 is 1. The minimum atomic E-state index is -0.344. The highest BCUT2D eigenvalue weighted by Gasteiger charge is 2.28. The van der Waals surface area contributed by atoms with Crippen LogP contribution in [0.3, 0.4) is 0 Å². The predicted octanol–water partition coefficient (Wildman–Crippen LogP) is 2.06. The molecule has 3 heterocycles. The molecule has 2 amide bonds. The Morgan fingerprint density at radius 3 is 2.38 bits per heavy atom. The van der Waals surface area contributed by atoms with Crippen LogP contribution in [0.4, 0.5) is 0 Å². The highest BCUT2D eigenvalue weighted by atomic mass is 16.5. The molecule has 0 unspecified atom stereocenters. The molecule has 2 saturated heterocycles. The van der Waals surface area contributed by atoms with E-state index in [1.165, 1.54) is 12.8 Å². The number of carbonyl (C=O) groups excluding carboxylic acids is 2. The van der Waals surface area contributed by atoms with Crippen LogP contribution in [0, 0.1) is 0 Å². The molecule has 2 fully saturated rings. The summed E-state index contributed by atoms with van der Waals surface area (Å²) in [5.41, 5.74) is 2.65. The number of rotatable bonds is 7. The quantitative estimate of drug-likeness (QED) is 0.531. The van der Waals surface area contributed by atoms with Gasteiger partial charge in [0.1, 0.15) is 5.75 Å². The number of fused-ring (bicyclic) bond motifs is 1. The van der Waals surface area contributed by atoms with E-state index in [2.05, 4.69) is 27.1 Å². The minimum absolute atomic E-state index is 0.0290. The van der Waals surface area contributed by atoms with Gasteiger partial charge in [0.05, 0.1) is 24.7 Å². The number of nitrogens with one attached hydrogen (secondary N) is 1. The Kier molecular flexibility index (Phi) is 7.71. The van der Waals surface area contributed by atoms with Crippen LogP contribution in [0.2, 0.25) is 0 Å². The van der Waals surface area contributed by atoms with Gasteiger partial charge in [-0.3, -0.25) is 14.5 Å². The molecule has 2 aliphatic heterocycles. The van der Waals surface area contributed by atoms with E-state index in [0.29, 0.717) is 31.5 Å². The maximum Gasteiger partial charge on any atom is 0.287 e. The van der Waals surface area contributed by atoms with E-state index < -0.39 is 0 Å². The summed E-state index contributed by atoms with van der Waals surface area (Å²) in [5.74, 6) is 0.692. The SMILES string of the molecule is COc1ccc(Cn2c(C(=O)NCC(=O)N3CCN(C4CCN(C)CC4)CC3)nc3ccccc32)cc1. The van der Waals surface area contributed by atoms with Crippen molar-refractivity contribution >= 4 is 22.8 Å². The molecule has 0 aliphatic carbocycles. The van der Waals surface area contributed by atoms with Crippen molar-refractivity contribution in [2.45, 2.75) is 25.4 Å². The Morgan fingerprint density at radius 1 is 0.973 bits per heavy atom. The Morgan fingerprint density at radius 2 is 1.68 bits per heavy atom. The maximum atomic E-state index is 13.2. The van der Waals surface area contributed by atoms with Gasteiger partial charge in [0, 0.05) is 38.8 Å². The highest BCUT2D eigenvalue weighted by molar-refractivity contribution is 5.96. The Balaban J connectivity index is 1.20. The first-order valence-electron chi connectivity index (χ1n) is 13.1. The van der Waals surface area contributed by atoms with Crippen LogP contribution in [0.25, 0.3) is 11.0 Å². The van der Waals surface area contributed by atoms with Crippen molar-refractivity contribution in [1.82, 2.24) is 29.6 Å². The lowest BCUT2D eigenvalue weighted by Gasteiger charge is -2.42. The lowest BCUT2D eigenvalue weighted by molar-refractivity contribution is -0.132. The molecule has 2 aromatic carbocycles. The average molecular weight is 505 g/mol. The van der Waals surface area contributed by atoms with E-state index in [-0.39, 0.29) is 18.4 Å². The number of hydrogen-bond donors (Lipinski definition) is 1. The molecule has 1 aromatic heterocycles. The molecule has 3 aromatic rings. The van der Waals surface area contributed by atoms with Crippen molar-refractivity contribution in [2.75, 3.05) is 60.0 Å². The predicted molar refractivity (Wildman–Crippen MR) is 143 cm³/mol. The third-order valence-electron chi connectivity index (χ3n) is 7.63. The number of amides is 2. The maximum absolute atomic E-state index is 13.2. The average Bonchev–Trinajstić information content (AvgIpc) is 3.31. The largest absolute Gasteiger partial charge is 0.497 e. The Hall–Kier alpha value is -3.43. The van der Waals surface area contributed by atoms with E-state index in [1.54, 1.807) is 7.11 Å². The number of piperidine rings is 1. The van der Waals surface area contributed by atoms with Gasteiger partial charge in [0.2, 0.25) is 5.91 Å². The van der Waals surface area contributed by atoms with Crippen molar-refractivity contribution in [2.24, 2.45) is 0 Å². The monoisotopic (exact) mass is 504 g/mol. The topological polar surface area (TPSA) is 82.9 Å². The van der Waals surface area contributed by atoms with Crippen molar-refractivity contribution in [1.29, 1.82) is 0 Å². The summed E-state index contributed by atoms with van der Waals surface area (Å²) in [5, 5.41) is 2.83. The fraction of sp³-hybridized carbons (Fsp3) is 0.464. The van der Waals surface area contributed by atoms with E-state index in [1.807, 2.05) is 58.0 Å². The normalized spacial score (nSPS) is 17.7. The molecular formula is C28H36N6O3. The Labute approximate surface area is 218 Å². The molecule has 0 radical (unpaired) electrons. The van der Waals surface area contributed by atoms with Crippen LogP contribution in [-0.2, 0) is 11.3 Å². The first-order chi connectivity index (χ1) is 18.0. The second-order valence-electron chi connectivity index (χ2n) is 9.99. The van der Waals surface area contributed by atoms with Crippen LogP contribution in [0.1, 0.15) is 29.0 Å². The number of para-hydroxylation sites is 2. The highest BCUT2D eigenvalue weighted by Crippen LogP contribution is 2.20. The van der Waals surface area contributed by atoms with E-state index in [0.717, 1.165) is 48.5 Å². The number of benzene rings is 2. The summed E-state index contributed by atoms with van der Waals surface area (Å²) in [6, 6.07) is 16.1. The first kappa shape index (κ1) is 25.2. The standard InChI is InChI=1S/C28H36N6O3/c1-31-13-11-22(12-14-31)32-15-17-33(18-16-32)26(35)19-29-28(36)27-30-24-5-3-4-6-25(24)34(27)20-21-7-9-23(37-2)10-8-21/h3-10,22H,11-20H2,1-2H3,(H,29,36). The molecule has 0 bridgehead atoms. The second-order valence-corrected chi connectivity index (χ2v) is 9.99. The summed E-state index contributed by atoms with van der Waals surface area (Å²) < 4.78 is 7.16. The molecule has 37 heavy (non-hydrogen) atoms. The number of carbonyl (C=O) groups is 2. The molecule has 0 spiro atoms. The van der Waals surface area contributed by atoms with Gasteiger partial charge in [0.15, 0.2) is 5.82 Å². The molecule has 0 atom stereocenters. The van der Waals surface area contributed by atoms with Gasteiger partial charge >= 0.3 is 0 Å². The zero-order chi connectivity index (χ0) is 25.8. The van der Waals surface area contributed by atoms with Crippen LogP contribution in [0.5, 0.6) is 5.75 Å². The van der Waals surface area contributed by atoms with E-state index in [4.69, 9.17) is 4.74 Å². The number of likely N-dealkylation sites (tertiary alicyclic amines) is 1. The number of ether oxygens (including phenoxy) is 1. The van der Waals surface area contributed by atoms with Gasteiger partial charge in [-0.2, -0.15) is 0 Å². The molecule has 9 heteroatoms. The molecule has 0 saturated carbocycles. The van der Waals surface area contributed by atoms with Gasteiger partial charge in [-0.05, 0) is 62.8 Å². The molecule has 9 nitrogen and oxygen atoms in total. The van der Waals surface area contributed by atoms with E-state index in [9.17, 15) is 9.59 Å². The summed E-state index contributed by atoms with van der Waals surface area (Å²) in [7, 11) is 3.81. The zero-order valence-corrected chi connectivity index (χ0v) is 21.7. The first-order valence-corrected chi connectivity index (χ1v) is 13.1. The summed E-state index contributed by atoms with van der Waals surface area (Å²) >= 11 is 0. The zero-order valence-electron chi connectivity index (χ0n) is 21.7. The molecular weight excluding hydrogens is 468 g/mol. The number of piperazine rings is 1. The number of aromatic nitrogens is 2.